The van der Waals surface area contributed by atoms with E-state index < -0.39 is 24.5 Å². The smallest absolute Gasteiger partial charge is 0.203 e. The van der Waals surface area contributed by atoms with E-state index in [1.165, 1.54) is 0 Å². The first-order chi connectivity index (χ1) is 13.1. The van der Waals surface area contributed by atoms with Crippen molar-refractivity contribution < 1.29 is 24.8 Å². The molecule has 0 radical (unpaired) electrons. The van der Waals surface area contributed by atoms with Crippen molar-refractivity contribution >= 4 is 17.0 Å². The zero-order valence-corrected chi connectivity index (χ0v) is 14.4. The van der Waals surface area contributed by atoms with Crippen LogP contribution in [0.1, 0.15) is 6.42 Å². The van der Waals surface area contributed by atoms with Crippen molar-refractivity contribution in [1.82, 2.24) is 9.97 Å². The van der Waals surface area contributed by atoms with E-state index in [-0.39, 0.29) is 13.0 Å². The molecule has 0 saturated carbocycles. The van der Waals surface area contributed by atoms with Gasteiger partial charge in [-0.2, -0.15) is 0 Å². The highest BCUT2D eigenvalue weighted by molar-refractivity contribution is 5.79. The van der Waals surface area contributed by atoms with E-state index in [1.54, 1.807) is 0 Å². The molecule has 1 aliphatic heterocycles. The Kier molecular flexibility index (Phi) is 4.95. The third kappa shape index (κ3) is 3.88. The third-order valence-corrected chi connectivity index (χ3v) is 4.47. The van der Waals surface area contributed by atoms with Gasteiger partial charge in [-0.1, -0.05) is 18.2 Å². The third-order valence-electron chi connectivity index (χ3n) is 4.47. The van der Waals surface area contributed by atoms with E-state index in [9.17, 15) is 15.3 Å². The van der Waals surface area contributed by atoms with Crippen LogP contribution in [0.15, 0.2) is 48.5 Å². The average molecular weight is 371 g/mol. The number of imidazole rings is 1. The summed E-state index contributed by atoms with van der Waals surface area (Å²) in [4.78, 5) is 7.54. The Balaban J connectivity index is 1.50. The molecule has 4 unspecified atom stereocenters. The molecular weight excluding hydrogens is 350 g/mol. The number of aliphatic hydroxyl groups excluding tert-OH is 3. The maximum atomic E-state index is 10.1. The topological polar surface area (TPSA) is 120 Å². The first-order valence-corrected chi connectivity index (χ1v) is 8.74. The van der Waals surface area contributed by atoms with Crippen molar-refractivity contribution in [3.63, 3.8) is 0 Å². The van der Waals surface area contributed by atoms with Crippen LogP contribution in [0.25, 0.3) is 11.0 Å². The summed E-state index contributed by atoms with van der Waals surface area (Å²) in [6.07, 6.45) is -3.25. The molecule has 4 atom stereocenters. The average Bonchev–Trinajstić information content (AvgIpc) is 3.06. The lowest BCUT2D eigenvalue weighted by molar-refractivity contribution is -0.169. The molecule has 27 heavy (non-hydrogen) atoms. The van der Waals surface area contributed by atoms with Crippen LogP contribution in [0.4, 0.5) is 5.95 Å². The number of nitrogens with zero attached hydrogens (tertiary/aromatic N) is 1. The van der Waals surface area contributed by atoms with Crippen molar-refractivity contribution in [2.75, 3.05) is 11.9 Å². The van der Waals surface area contributed by atoms with E-state index in [4.69, 9.17) is 9.47 Å². The number of benzene rings is 2. The molecule has 8 heteroatoms. The first kappa shape index (κ1) is 17.7. The van der Waals surface area contributed by atoms with Gasteiger partial charge in [0.25, 0.3) is 0 Å². The van der Waals surface area contributed by atoms with Crippen molar-refractivity contribution in [2.45, 2.75) is 31.0 Å². The molecule has 0 spiro atoms. The minimum atomic E-state index is -0.923. The van der Waals surface area contributed by atoms with Gasteiger partial charge in [0.2, 0.25) is 5.95 Å². The molecule has 5 N–H and O–H groups in total. The standard InChI is InChI=1S/C19H21N3O5/c23-10-17-15(24)9-16(25)18(27-17)22-19-20-13-7-6-12(8-14(13)21-19)26-11-4-2-1-3-5-11/h1-8,15-18,23-25H,9-10H2,(H2,20,21,22). The maximum Gasteiger partial charge on any atom is 0.203 e. The van der Waals surface area contributed by atoms with Gasteiger partial charge in [0, 0.05) is 12.5 Å². The summed E-state index contributed by atoms with van der Waals surface area (Å²) < 4.78 is 11.3. The van der Waals surface area contributed by atoms with Gasteiger partial charge in [0.1, 0.15) is 23.7 Å². The van der Waals surface area contributed by atoms with E-state index in [1.807, 2.05) is 48.5 Å². The number of aromatic amines is 1. The molecule has 4 rings (SSSR count). The van der Waals surface area contributed by atoms with Gasteiger partial charge in [-0.15, -0.1) is 0 Å². The van der Waals surface area contributed by atoms with E-state index in [0.717, 1.165) is 16.8 Å². The van der Waals surface area contributed by atoms with Crippen LogP contribution in [0.2, 0.25) is 0 Å². The van der Waals surface area contributed by atoms with Gasteiger partial charge in [0.05, 0.1) is 23.7 Å². The number of anilines is 1. The van der Waals surface area contributed by atoms with E-state index in [2.05, 4.69) is 15.3 Å². The van der Waals surface area contributed by atoms with E-state index in [0.29, 0.717) is 11.7 Å². The summed E-state index contributed by atoms with van der Waals surface area (Å²) in [7, 11) is 0. The van der Waals surface area contributed by atoms with Gasteiger partial charge < -0.3 is 35.1 Å². The normalized spacial score (nSPS) is 25.4. The Labute approximate surface area is 155 Å². The van der Waals surface area contributed by atoms with Gasteiger partial charge in [0.15, 0.2) is 6.23 Å². The lowest BCUT2D eigenvalue weighted by Crippen LogP contribution is -2.51. The molecule has 1 aliphatic rings. The highest BCUT2D eigenvalue weighted by Crippen LogP contribution is 2.26. The molecular formula is C19H21N3O5. The summed E-state index contributed by atoms with van der Waals surface area (Å²) in [5.41, 5.74) is 1.48. The summed E-state index contributed by atoms with van der Waals surface area (Å²) in [6.45, 7) is -0.327. The number of aliphatic hydroxyl groups is 3. The van der Waals surface area contributed by atoms with Crippen LogP contribution in [-0.4, -0.2) is 56.4 Å². The number of hydrogen-bond donors (Lipinski definition) is 5. The fraction of sp³-hybridized carbons (Fsp3) is 0.316. The Morgan fingerprint density at radius 3 is 2.70 bits per heavy atom. The number of ether oxygens (including phenoxy) is 2. The Morgan fingerprint density at radius 1 is 1.11 bits per heavy atom. The summed E-state index contributed by atoms with van der Waals surface area (Å²) >= 11 is 0. The number of para-hydroxylation sites is 1. The van der Waals surface area contributed by atoms with Gasteiger partial charge >= 0.3 is 0 Å². The second kappa shape index (κ2) is 7.53. The molecule has 3 aromatic rings. The molecule has 1 saturated heterocycles. The monoisotopic (exact) mass is 371 g/mol. The van der Waals surface area contributed by atoms with Crippen LogP contribution in [0.3, 0.4) is 0 Å². The van der Waals surface area contributed by atoms with Crippen LogP contribution < -0.4 is 10.1 Å². The van der Waals surface area contributed by atoms with Crippen LogP contribution >= 0.6 is 0 Å². The highest BCUT2D eigenvalue weighted by Gasteiger charge is 2.36. The minimum Gasteiger partial charge on any atom is -0.457 e. The second-order valence-corrected chi connectivity index (χ2v) is 6.47. The zero-order valence-electron chi connectivity index (χ0n) is 14.4. The molecule has 8 nitrogen and oxygen atoms in total. The second-order valence-electron chi connectivity index (χ2n) is 6.47. The fourth-order valence-corrected chi connectivity index (χ4v) is 3.07. The fourth-order valence-electron chi connectivity index (χ4n) is 3.07. The van der Waals surface area contributed by atoms with Gasteiger partial charge in [-0.25, -0.2) is 4.98 Å². The summed E-state index contributed by atoms with van der Waals surface area (Å²) in [6, 6.07) is 15.0. The summed E-state index contributed by atoms with van der Waals surface area (Å²) in [5.74, 6) is 1.82. The lowest BCUT2D eigenvalue weighted by Gasteiger charge is -2.36. The Morgan fingerprint density at radius 2 is 1.93 bits per heavy atom. The lowest BCUT2D eigenvalue weighted by atomic mass is 10.0. The van der Waals surface area contributed by atoms with E-state index >= 15 is 0 Å². The van der Waals surface area contributed by atoms with Crippen molar-refractivity contribution in [1.29, 1.82) is 0 Å². The SMILES string of the molecule is OCC1OC(Nc2nc3ccc(Oc4ccccc4)cc3[nH]2)C(O)CC1O. The van der Waals surface area contributed by atoms with Gasteiger partial charge in [-0.05, 0) is 24.3 Å². The van der Waals surface area contributed by atoms with Crippen molar-refractivity contribution in [3.8, 4) is 11.5 Å². The zero-order chi connectivity index (χ0) is 18.8. The van der Waals surface area contributed by atoms with Gasteiger partial charge in [-0.3, -0.25) is 0 Å². The van der Waals surface area contributed by atoms with Crippen LogP contribution in [-0.2, 0) is 4.74 Å². The molecule has 0 amide bonds. The largest absolute Gasteiger partial charge is 0.457 e. The molecule has 142 valence electrons. The molecule has 2 aromatic carbocycles. The number of hydrogen-bond acceptors (Lipinski definition) is 7. The number of fused-ring (bicyclic) bond motifs is 1. The predicted octanol–water partition coefficient (Wildman–Crippen LogP) is 1.60. The molecule has 0 bridgehead atoms. The molecule has 0 aliphatic carbocycles. The predicted molar refractivity (Wildman–Crippen MR) is 98.6 cm³/mol. The van der Waals surface area contributed by atoms with Crippen LogP contribution in [0, 0.1) is 0 Å². The number of nitrogens with one attached hydrogen (secondary N) is 2. The number of rotatable bonds is 5. The summed E-state index contributed by atoms with van der Waals surface area (Å²) in [5, 5.41) is 32.1. The number of H-pyrrole nitrogens is 1. The maximum absolute atomic E-state index is 10.1. The Hall–Kier alpha value is -2.65. The van der Waals surface area contributed by atoms with Crippen molar-refractivity contribution in [3.05, 3.63) is 48.5 Å². The molecule has 1 aromatic heterocycles. The Bertz CT molecular complexity index is 901. The highest BCUT2D eigenvalue weighted by atomic mass is 16.5. The minimum absolute atomic E-state index is 0.109. The van der Waals surface area contributed by atoms with Crippen molar-refractivity contribution in [2.24, 2.45) is 0 Å². The molecule has 2 heterocycles. The quantitative estimate of drug-likeness (QED) is 0.462. The molecule has 1 fully saturated rings. The number of aromatic nitrogens is 2. The first-order valence-electron chi connectivity index (χ1n) is 8.74. The van der Waals surface area contributed by atoms with Crippen LogP contribution in [0.5, 0.6) is 11.5 Å².